The van der Waals surface area contributed by atoms with Gasteiger partial charge < -0.3 is 4.98 Å². The molecule has 1 aromatic carbocycles. The van der Waals surface area contributed by atoms with Gasteiger partial charge in [-0.3, -0.25) is 13.9 Å². The summed E-state index contributed by atoms with van der Waals surface area (Å²) in [4.78, 5) is 27.1. The van der Waals surface area contributed by atoms with Gasteiger partial charge in [0.1, 0.15) is 5.82 Å². The molecule has 0 aliphatic rings. The highest BCUT2D eigenvalue weighted by Crippen LogP contribution is 2.24. The Morgan fingerprint density at radius 3 is 2.60 bits per heavy atom. The molecule has 0 saturated heterocycles. The van der Waals surface area contributed by atoms with Gasteiger partial charge in [0, 0.05) is 25.9 Å². The number of halogens is 1. The standard InChI is InChI=1S/C14H12FN3O2/c1-17-10-7-16-12(8-4-3-5-9(15)6-8)11(10)13(19)18(2)14(17)20/h3-7,16H,1-2H3. The van der Waals surface area contributed by atoms with Crippen molar-refractivity contribution in [3.63, 3.8) is 0 Å². The van der Waals surface area contributed by atoms with Gasteiger partial charge in [-0.05, 0) is 12.1 Å². The maximum absolute atomic E-state index is 13.3. The first-order valence-electron chi connectivity index (χ1n) is 6.03. The van der Waals surface area contributed by atoms with Crippen molar-refractivity contribution in [3.8, 4) is 11.3 Å². The average Bonchev–Trinajstić information content (AvgIpc) is 2.87. The van der Waals surface area contributed by atoms with Crippen molar-refractivity contribution in [2.24, 2.45) is 14.1 Å². The van der Waals surface area contributed by atoms with Crippen molar-refractivity contribution in [2.45, 2.75) is 0 Å². The number of hydrogen-bond donors (Lipinski definition) is 1. The summed E-state index contributed by atoms with van der Waals surface area (Å²) in [6.07, 6.45) is 1.58. The first-order chi connectivity index (χ1) is 9.50. The predicted octanol–water partition coefficient (Wildman–Crippen LogP) is 1.37. The third-order valence-corrected chi connectivity index (χ3v) is 3.43. The largest absolute Gasteiger partial charge is 0.359 e. The zero-order valence-corrected chi connectivity index (χ0v) is 11.0. The van der Waals surface area contributed by atoms with E-state index in [2.05, 4.69) is 4.98 Å². The van der Waals surface area contributed by atoms with Crippen LogP contribution in [0, 0.1) is 5.82 Å². The number of nitrogens with one attached hydrogen (secondary N) is 1. The fourth-order valence-corrected chi connectivity index (χ4v) is 2.35. The minimum atomic E-state index is -0.399. The average molecular weight is 273 g/mol. The smallest absolute Gasteiger partial charge is 0.330 e. The number of benzene rings is 1. The zero-order valence-electron chi connectivity index (χ0n) is 11.0. The summed E-state index contributed by atoms with van der Waals surface area (Å²) in [6, 6.07) is 5.96. The number of aromatic amines is 1. The molecule has 3 aromatic rings. The lowest BCUT2D eigenvalue weighted by molar-refractivity contribution is 0.628. The third kappa shape index (κ3) is 1.61. The molecule has 0 bridgehead atoms. The van der Waals surface area contributed by atoms with Gasteiger partial charge in [0.05, 0.1) is 16.6 Å². The van der Waals surface area contributed by atoms with E-state index >= 15 is 0 Å². The molecule has 1 N–H and O–H groups in total. The molecule has 5 nitrogen and oxygen atoms in total. The van der Waals surface area contributed by atoms with Crippen molar-refractivity contribution < 1.29 is 4.39 Å². The first-order valence-corrected chi connectivity index (χ1v) is 6.03. The van der Waals surface area contributed by atoms with Crippen molar-refractivity contribution >= 4 is 10.9 Å². The fourth-order valence-electron chi connectivity index (χ4n) is 2.35. The molecular weight excluding hydrogens is 261 g/mol. The van der Waals surface area contributed by atoms with Crippen LogP contribution in [0.5, 0.6) is 0 Å². The topological polar surface area (TPSA) is 59.8 Å². The highest BCUT2D eigenvalue weighted by Gasteiger charge is 2.15. The van der Waals surface area contributed by atoms with Gasteiger partial charge in [0.2, 0.25) is 0 Å². The van der Waals surface area contributed by atoms with Crippen LogP contribution in [0.25, 0.3) is 22.2 Å². The molecule has 3 rings (SSSR count). The van der Waals surface area contributed by atoms with Crippen LogP contribution in [0.15, 0.2) is 40.1 Å². The summed E-state index contributed by atoms with van der Waals surface area (Å²) in [5.41, 5.74) is 0.778. The molecule has 2 heterocycles. The van der Waals surface area contributed by atoms with E-state index < -0.39 is 11.2 Å². The van der Waals surface area contributed by atoms with E-state index in [1.165, 1.54) is 23.7 Å². The molecule has 0 radical (unpaired) electrons. The molecule has 0 amide bonds. The molecule has 0 spiro atoms. The van der Waals surface area contributed by atoms with E-state index in [0.29, 0.717) is 22.2 Å². The second kappa shape index (κ2) is 4.19. The van der Waals surface area contributed by atoms with Crippen LogP contribution in [-0.4, -0.2) is 14.1 Å². The van der Waals surface area contributed by atoms with Crippen molar-refractivity contribution in [3.05, 3.63) is 57.1 Å². The van der Waals surface area contributed by atoms with Gasteiger partial charge in [-0.1, -0.05) is 12.1 Å². The maximum atomic E-state index is 13.3. The van der Waals surface area contributed by atoms with Crippen molar-refractivity contribution in [1.29, 1.82) is 0 Å². The molecule has 0 aliphatic heterocycles. The van der Waals surface area contributed by atoms with E-state index in [1.807, 2.05) is 0 Å². The summed E-state index contributed by atoms with van der Waals surface area (Å²) in [7, 11) is 3.01. The second-order valence-corrected chi connectivity index (χ2v) is 4.64. The van der Waals surface area contributed by atoms with Gasteiger partial charge in [-0.15, -0.1) is 0 Å². The predicted molar refractivity (Wildman–Crippen MR) is 74.2 cm³/mol. The zero-order chi connectivity index (χ0) is 14.4. The van der Waals surface area contributed by atoms with Gasteiger partial charge in [0.15, 0.2) is 0 Å². The Bertz CT molecular complexity index is 934. The number of H-pyrrole nitrogens is 1. The van der Waals surface area contributed by atoms with Gasteiger partial charge in [-0.2, -0.15) is 0 Å². The molecule has 0 fully saturated rings. The number of aryl methyl sites for hydroxylation is 1. The molecule has 0 unspecified atom stereocenters. The van der Waals surface area contributed by atoms with Crippen LogP contribution < -0.4 is 11.2 Å². The third-order valence-electron chi connectivity index (χ3n) is 3.43. The van der Waals surface area contributed by atoms with Crippen LogP contribution >= 0.6 is 0 Å². The minimum absolute atomic E-state index is 0.375. The summed E-state index contributed by atoms with van der Waals surface area (Å²) in [6.45, 7) is 0. The Balaban J connectivity index is 2.46. The molecule has 6 heteroatoms. The van der Waals surface area contributed by atoms with E-state index in [0.717, 1.165) is 4.57 Å². The van der Waals surface area contributed by atoms with E-state index in [4.69, 9.17) is 0 Å². The van der Waals surface area contributed by atoms with Crippen molar-refractivity contribution in [2.75, 3.05) is 0 Å². The van der Waals surface area contributed by atoms with Crippen LogP contribution in [-0.2, 0) is 14.1 Å². The Hall–Kier alpha value is -2.63. The number of fused-ring (bicyclic) bond motifs is 1. The minimum Gasteiger partial charge on any atom is -0.359 e. The quantitative estimate of drug-likeness (QED) is 0.728. The second-order valence-electron chi connectivity index (χ2n) is 4.64. The number of rotatable bonds is 1. The Kier molecular flexibility index (Phi) is 2.60. The number of nitrogens with zero attached hydrogens (tertiary/aromatic N) is 2. The van der Waals surface area contributed by atoms with Gasteiger partial charge >= 0.3 is 5.69 Å². The Morgan fingerprint density at radius 2 is 1.90 bits per heavy atom. The molecule has 20 heavy (non-hydrogen) atoms. The van der Waals surface area contributed by atoms with Crippen LogP contribution in [0.2, 0.25) is 0 Å². The number of aromatic nitrogens is 3. The lowest BCUT2D eigenvalue weighted by Gasteiger charge is -2.05. The normalized spacial score (nSPS) is 11.2. The Morgan fingerprint density at radius 1 is 1.15 bits per heavy atom. The molecule has 2 aromatic heterocycles. The lowest BCUT2D eigenvalue weighted by Crippen LogP contribution is -2.36. The van der Waals surface area contributed by atoms with E-state index in [-0.39, 0.29) is 5.82 Å². The highest BCUT2D eigenvalue weighted by molar-refractivity contribution is 5.92. The molecule has 0 atom stereocenters. The monoisotopic (exact) mass is 273 g/mol. The van der Waals surface area contributed by atoms with Crippen LogP contribution in [0.1, 0.15) is 0 Å². The SMILES string of the molecule is Cn1c(=O)c2c(-c3cccc(F)c3)[nH]cc2n(C)c1=O. The summed E-state index contributed by atoms with van der Waals surface area (Å²) in [5.74, 6) is -0.383. The molecular formula is C14H12FN3O2. The fraction of sp³-hybridized carbons (Fsp3) is 0.143. The molecule has 0 aliphatic carbocycles. The highest BCUT2D eigenvalue weighted by atomic mass is 19.1. The maximum Gasteiger partial charge on any atom is 0.330 e. The summed E-state index contributed by atoms with van der Waals surface area (Å²) < 4.78 is 15.8. The van der Waals surface area contributed by atoms with E-state index in [1.54, 1.807) is 25.4 Å². The molecule has 0 saturated carbocycles. The summed E-state index contributed by atoms with van der Waals surface area (Å²) in [5, 5.41) is 0.375. The van der Waals surface area contributed by atoms with Crippen molar-refractivity contribution in [1.82, 2.24) is 14.1 Å². The lowest BCUT2D eigenvalue weighted by atomic mass is 10.1. The Labute approximate surface area is 112 Å². The van der Waals surface area contributed by atoms with Gasteiger partial charge in [-0.25, -0.2) is 9.18 Å². The summed E-state index contributed by atoms with van der Waals surface area (Å²) >= 11 is 0. The van der Waals surface area contributed by atoms with Crippen LogP contribution in [0.3, 0.4) is 0 Å². The van der Waals surface area contributed by atoms with Crippen LogP contribution in [0.4, 0.5) is 4.39 Å². The van der Waals surface area contributed by atoms with E-state index in [9.17, 15) is 14.0 Å². The molecule has 102 valence electrons. The van der Waals surface area contributed by atoms with Gasteiger partial charge in [0.25, 0.3) is 5.56 Å². The number of hydrogen-bond acceptors (Lipinski definition) is 2. The first kappa shape index (κ1) is 12.4.